The quantitative estimate of drug-likeness (QED) is 0.176. The number of fused-ring (bicyclic) bond motifs is 8. The molecular formula is C52H33NO. The fourth-order valence-corrected chi connectivity index (χ4v) is 8.44. The van der Waals surface area contributed by atoms with Gasteiger partial charge in [0.15, 0.2) is 0 Å². The van der Waals surface area contributed by atoms with Crippen molar-refractivity contribution >= 4 is 54.5 Å². The lowest BCUT2D eigenvalue weighted by Gasteiger charge is -2.15. The summed E-state index contributed by atoms with van der Waals surface area (Å²) in [6.07, 6.45) is 0. The highest BCUT2D eigenvalue weighted by Crippen LogP contribution is 2.42. The molecule has 0 atom stereocenters. The highest BCUT2D eigenvalue weighted by Gasteiger charge is 2.19. The average Bonchev–Trinajstić information content (AvgIpc) is 3.80. The first-order valence-corrected chi connectivity index (χ1v) is 18.5. The van der Waals surface area contributed by atoms with Crippen LogP contribution in [0.15, 0.2) is 205 Å². The zero-order chi connectivity index (χ0) is 35.6. The van der Waals surface area contributed by atoms with Crippen molar-refractivity contribution in [2.45, 2.75) is 0 Å². The van der Waals surface area contributed by atoms with E-state index in [0.717, 1.165) is 38.6 Å². The van der Waals surface area contributed by atoms with Crippen molar-refractivity contribution in [2.24, 2.45) is 0 Å². The standard InChI is InChI=1S/C52H33NO/c1-3-12-34(13-4-1)39-27-30-48-45(32-39)46-33-40(35-14-5-2-6-15-35)28-31-49(46)53(48)47-20-10-9-17-41(47)37-22-24-38(25-23-37)42-19-11-21-50-51(42)44-29-26-36-16-7-8-18-43(36)52(44)54-50/h1-33H. The summed E-state index contributed by atoms with van der Waals surface area (Å²) in [6.45, 7) is 0. The second-order valence-corrected chi connectivity index (χ2v) is 14.1. The van der Waals surface area contributed by atoms with Gasteiger partial charge in [0.1, 0.15) is 11.2 Å². The second-order valence-electron chi connectivity index (χ2n) is 14.1. The number of para-hydroxylation sites is 1. The van der Waals surface area contributed by atoms with Crippen LogP contribution in [0.2, 0.25) is 0 Å². The molecule has 0 unspecified atom stereocenters. The van der Waals surface area contributed by atoms with Gasteiger partial charge in [0.2, 0.25) is 0 Å². The Labute approximate surface area is 312 Å². The second kappa shape index (κ2) is 12.2. The molecule has 54 heavy (non-hydrogen) atoms. The van der Waals surface area contributed by atoms with Gasteiger partial charge >= 0.3 is 0 Å². The van der Waals surface area contributed by atoms with Crippen LogP contribution in [-0.2, 0) is 0 Å². The molecule has 2 heteroatoms. The summed E-state index contributed by atoms with van der Waals surface area (Å²) in [4.78, 5) is 0. The molecule has 11 rings (SSSR count). The number of hydrogen-bond donors (Lipinski definition) is 0. The Morgan fingerprint density at radius 1 is 0.333 bits per heavy atom. The van der Waals surface area contributed by atoms with E-state index in [0.29, 0.717) is 0 Å². The molecular weight excluding hydrogens is 655 g/mol. The minimum Gasteiger partial charge on any atom is -0.455 e. The maximum atomic E-state index is 6.51. The smallest absolute Gasteiger partial charge is 0.143 e. The van der Waals surface area contributed by atoms with Crippen LogP contribution in [0, 0.1) is 0 Å². The third kappa shape index (κ3) is 4.81. The summed E-state index contributed by atoms with van der Waals surface area (Å²) in [5.74, 6) is 0. The Morgan fingerprint density at radius 2 is 0.889 bits per heavy atom. The largest absolute Gasteiger partial charge is 0.455 e. The van der Waals surface area contributed by atoms with E-state index in [2.05, 4.69) is 205 Å². The van der Waals surface area contributed by atoms with Crippen LogP contribution in [0.4, 0.5) is 0 Å². The van der Waals surface area contributed by atoms with E-state index in [1.807, 2.05) is 0 Å². The predicted molar refractivity (Wildman–Crippen MR) is 227 cm³/mol. The van der Waals surface area contributed by atoms with E-state index in [1.165, 1.54) is 66.1 Å². The fourth-order valence-electron chi connectivity index (χ4n) is 8.44. The molecule has 0 aliphatic heterocycles. The van der Waals surface area contributed by atoms with Crippen molar-refractivity contribution in [2.75, 3.05) is 0 Å². The Morgan fingerprint density at radius 3 is 1.57 bits per heavy atom. The molecule has 9 aromatic carbocycles. The SMILES string of the molecule is c1ccc(-c2ccc3c(c2)c2cc(-c4ccccc4)ccc2n3-c2ccccc2-c2ccc(-c3cccc4oc5c6ccccc6ccc5c34)cc2)cc1. The summed E-state index contributed by atoms with van der Waals surface area (Å²) in [5.41, 5.74) is 14.9. The maximum absolute atomic E-state index is 6.51. The molecule has 2 nitrogen and oxygen atoms in total. The van der Waals surface area contributed by atoms with E-state index in [-0.39, 0.29) is 0 Å². The van der Waals surface area contributed by atoms with E-state index >= 15 is 0 Å². The van der Waals surface area contributed by atoms with Crippen molar-refractivity contribution in [3.8, 4) is 50.2 Å². The van der Waals surface area contributed by atoms with E-state index < -0.39 is 0 Å². The number of rotatable bonds is 5. The van der Waals surface area contributed by atoms with Crippen LogP contribution < -0.4 is 0 Å². The van der Waals surface area contributed by atoms with Gasteiger partial charge in [-0.3, -0.25) is 0 Å². The normalized spacial score (nSPS) is 11.7. The van der Waals surface area contributed by atoms with E-state index in [9.17, 15) is 0 Å². The molecule has 0 amide bonds. The fraction of sp³-hybridized carbons (Fsp3) is 0. The van der Waals surface area contributed by atoms with Gasteiger partial charge < -0.3 is 8.98 Å². The molecule has 0 bridgehead atoms. The van der Waals surface area contributed by atoms with Gasteiger partial charge in [-0.15, -0.1) is 0 Å². The molecule has 252 valence electrons. The third-order valence-corrected chi connectivity index (χ3v) is 11.0. The van der Waals surface area contributed by atoms with Gasteiger partial charge in [-0.25, -0.2) is 0 Å². The van der Waals surface area contributed by atoms with Gasteiger partial charge in [0, 0.05) is 32.5 Å². The molecule has 0 saturated carbocycles. The van der Waals surface area contributed by atoms with Crippen molar-refractivity contribution in [3.05, 3.63) is 200 Å². The first kappa shape index (κ1) is 30.5. The lowest BCUT2D eigenvalue weighted by Crippen LogP contribution is -1.97. The molecule has 0 fully saturated rings. The minimum absolute atomic E-state index is 0.908. The lowest BCUT2D eigenvalue weighted by atomic mass is 9.96. The van der Waals surface area contributed by atoms with Crippen LogP contribution in [0.25, 0.3) is 105 Å². The lowest BCUT2D eigenvalue weighted by molar-refractivity contribution is 0.673. The zero-order valence-corrected chi connectivity index (χ0v) is 29.4. The maximum Gasteiger partial charge on any atom is 0.143 e. The molecule has 0 spiro atoms. The molecule has 2 aromatic heterocycles. The van der Waals surface area contributed by atoms with Crippen LogP contribution in [-0.4, -0.2) is 4.57 Å². The first-order valence-electron chi connectivity index (χ1n) is 18.5. The first-order chi connectivity index (χ1) is 26.8. The van der Waals surface area contributed by atoms with Gasteiger partial charge in [-0.05, 0) is 86.8 Å². The van der Waals surface area contributed by atoms with Gasteiger partial charge in [-0.1, -0.05) is 158 Å². The van der Waals surface area contributed by atoms with Crippen molar-refractivity contribution in [1.29, 1.82) is 0 Å². The number of nitrogens with zero attached hydrogens (tertiary/aromatic N) is 1. The van der Waals surface area contributed by atoms with E-state index in [4.69, 9.17) is 4.42 Å². The third-order valence-electron chi connectivity index (χ3n) is 11.0. The summed E-state index contributed by atoms with van der Waals surface area (Å²) in [7, 11) is 0. The Bertz CT molecular complexity index is 3090. The molecule has 11 aromatic rings. The molecule has 0 radical (unpaired) electrons. The number of benzene rings is 9. The highest BCUT2D eigenvalue weighted by atomic mass is 16.3. The van der Waals surface area contributed by atoms with Gasteiger partial charge in [-0.2, -0.15) is 0 Å². The average molecular weight is 688 g/mol. The molecule has 0 N–H and O–H groups in total. The van der Waals surface area contributed by atoms with Gasteiger partial charge in [0.05, 0.1) is 16.7 Å². The molecule has 0 aliphatic rings. The van der Waals surface area contributed by atoms with Crippen molar-refractivity contribution in [1.82, 2.24) is 4.57 Å². The number of aromatic nitrogens is 1. The van der Waals surface area contributed by atoms with Crippen LogP contribution in [0.5, 0.6) is 0 Å². The summed E-state index contributed by atoms with van der Waals surface area (Å²) < 4.78 is 8.95. The van der Waals surface area contributed by atoms with E-state index in [1.54, 1.807) is 0 Å². The Kier molecular flexibility index (Phi) is 6.90. The summed E-state index contributed by atoms with van der Waals surface area (Å²) >= 11 is 0. The highest BCUT2D eigenvalue weighted by molar-refractivity contribution is 6.19. The zero-order valence-electron chi connectivity index (χ0n) is 29.4. The van der Waals surface area contributed by atoms with Gasteiger partial charge in [0.25, 0.3) is 0 Å². The topological polar surface area (TPSA) is 18.1 Å². The predicted octanol–water partition coefficient (Wildman–Crippen LogP) is 14.5. The Hall–Kier alpha value is -7.16. The van der Waals surface area contributed by atoms with Crippen LogP contribution in [0.3, 0.4) is 0 Å². The molecule has 0 saturated heterocycles. The monoisotopic (exact) mass is 687 g/mol. The number of furan rings is 1. The number of hydrogen-bond acceptors (Lipinski definition) is 1. The van der Waals surface area contributed by atoms with Crippen LogP contribution >= 0.6 is 0 Å². The van der Waals surface area contributed by atoms with Crippen LogP contribution in [0.1, 0.15) is 0 Å². The minimum atomic E-state index is 0.908. The summed E-state index contributed by atoms with van der Waals surface area (Å²) in [6, 6.07) is 72.2. The Balaban J connectivity index is 1.07. The van der Waals surface area contributed by atoms with Crippen molar-refractivity contribution < 1.29 is 4.42 Å². The van der Waals surface area contributed by atoms with Crippen molar-refractivity contribution in [3.63, 3.8) is 0 Å². The molecule has 2 heterocycles. The molecule has 0 aliphatic carbocycles. The summed E-state index contributed by atoms with van der Waals surface area (Å²) in [5, 5.41) is 7.10.